The predicted molar refractivity (Wildman–Crippen MR) is 99.6 cm³/mol. The number of hydrogen-bond acceptors (Lipinski definition) is 7. The van der Waals surface area contributed by atoms with Gasteiger partial charge in [-0.3, -0.25) is 4.79 Å². The monoisotopic (exact) mass is 446 g/mol. The van der Waals surface area contributed by atoms with Gasteiger partial charge in [0.1, 0.15) is 0 Å². The van der Waals surface area contributed by atoms with E-state index in [1.807, 2.05) is 0 Å². The Hall–Kier alpha value is -2.89. The predicted octanol–water partition coefficient (Wildman–Crippen LogP) is 2.55. The van der Waals surface area contributed by atoms with E-state index < -0.39 is 29.5 Å². The van der Waals surface area contributed by atoms with E-state index >= 15 is 0 Å². The minimum Gasteiger partial charge on any atom is -0.481 e. The van der Waals surface area contributed by atoms with Crippen LogP contribution < -0.4 is 10.5 Å². The number of halogens is 4. The summed E-state index contributed by atoms with van der Waals surface area (Å²) in [7, 11) is 0. The van der Waals surface area contributed by atoms with Gasteiger partial charge in [0.05, 0.1) is 17.1 Å². The third-order valence-corrected chi connectivity index (χ3v) is 3.67. The van der Waals surface area contributed by atoms with Crippen molar-refractivity contribution in [2.45, 2.75) is 18.9 Å². The summed E-state index contributed by atoms with van der Waals surface area (Å²) in [5.41, 5.74) is 5.90. The quantitative estimate of drug-likeness (QED) is 0.566. The van der Waals surface area contributed by atoms with Crippen molar-refractivity contribution in [3.8, 4) is 17.3 Å². The number of nitrogens with two attached hydrogens (primary N) is 1. The lowest BCUT2D eigenvalue weighted by Gasteiger charge is -2.08. The van der Waals surface area contributed by atoms with Crippen molar-refractivity contribution in [3.05, 3.63) is 52.9 Å². The molecule has 0 fully saturated rings. The second-order valence-corrected chi connectivity index (χ2v) is 6.15. The number of aromatic nitrogens is 5. The molecule has 0 radical (unpaired) electrons. The van der Waals surface area contributed by atoms with Gasteiger partial charge in [0.2, 0.25) is 0 Å². The number of aliphatic carboxylic acids is 1. The van der Waals surface area contributed by atoms with E-state index in [0.717, 1.165) is 16.9 Å². The van der Waals surface area contributed by atoms with Crippen LogP contribution in [0.2, 0.25) is 5.02 Å². The van der Waals surface area contributed by atoms with Crippen molar-refractivity contribution >= 4 is 30.0 Å². The van der Waals surface area contributed by atoms with Crippen LogP contribution in [-0.4, -0.2) is 42.3 Å². The molecule has 0 aliphatic heterocycles. The molecule has 0 saturated heterocycles. The molecule has 0 spiro atoms. The number of carbonyl (C=O) groups is 1. The van der Waals surface area contributed by atoms with Crippen molar-refractivity contribution in [1.29, 1.82) is 0 Å². The molecule has 3 N–H and O–H groups in total. The van der Waals surface area contributed by atoms with E-state index in [1.165, 1.54) is 18.3 Å². The minimum atomic E-state index is -1.04. The number of carboxylic acid groups (broad SMARTS) is 1. The topological polar surface area (TPSA) is 129 Å². The van der Waals surface area contributed by atoms with Crippen LogP contribution in [0.25, 0.3) is 5.69 Å². The first-order valence-electron chi connectivity index (χ1n) is 7.87. The summed E-state index contributed by atoms with van der Waals surface area (Å²) in [6.07, 6.45) is 1.02. The zero-order valence-electron chi connectivity index (χ0n) is 14.5. The van der Waals surface area contributed by atoms with Gasteiger partial charge >= 0.3 is 5.97 Å². The standard InChI is InChI=1S/C16H13ClF2N6O3.ClH/c17-8-3-12(19)16(21-7-8)28-13-2-1-10(6-11(13)18)25-23-14(22-24-25)4-9(20)5-15(26)27;/h1-3,6-7,9H,4-5,20H2,(H,26,27);1H. The fourth-order valence-corrected chi connectivity index (χ4v) is 2.39. The maximum atomic E-state index is 14.3. The van der Waals surface area contributed by atoms with Crippen molar-refractivity contribution in [3.63, 3.8) is 0 Å². The maximum Gasteiger partial charge on any atom is 0.304 e. The number of tetrazole rings is 1. The Morgan fingerprint density at radius 1 is 1.31 bits per heavy atom. The van der Waals surface area contributed by atoms with Gasteiger partial charge in [0, 0.05) is 24.7 Å². The van der Waals surface area contributed by atoms with Crippen LogP contribution >= 0.6 is 24.0 Å². The lowest BCUT2D eigenvalue weighted by atomic mass is 10.1. The lowest BCUT2D eigenvalue weighted by Crippen LogP contribution is -2.26. The van der Waals surface area contributed by atoms with Gasteiger partial charge in [-0.15, -0.1) is 27.4 Å². The minimum absolute atomic E-state index is 0. The average Bonchev–Trinajstić information content (AvgIpc) is 3.06. The molecule has 13 heteroatoms. The number of pyridine rings is 1. The van der Waals surface area contributed by atoms with Gasteiger partial charge in [-0.05, 0) is 23.4 Å². The first-order valence-corrected chi connectivity index (χ1v) is 8.24. The van der Waals surface area contributed by atoms with Crippen LogP contribution in [0.15, 0.2) is 30.5 Å². The highest BCUT2D eigenvalue weighted by Crippen LogP contribution is 2.27. The zero-order valence-corrected chi connectivity index (χ0v) is 16.1. The summed E-state index contributed by atoms with van der Waals surface area (Å²) in [5.74, 6) is -3.16. The van der Waals surface area contributed by atoms with E-state index in [-0.39, 0.29) is 47.5 Å². The van der Waals surface area contributed by atoms with Gasteiger partial charge in [0.15, 0.2) is 23.2 Å². The summed E-state index contributed by atoms with van der Waals surface area (Å²) in [5, 5.41) is 20.4. The summed E-state index contributed by atoms with van der Waals surface area (Å²) in [6.45, 7) is 0. The van der Waals surface area contributed by atoms with E-state index in [9.17, 15) is 13.6 Å². The van der Waals surface area contributed by atoms with E-state index in [1.54, 1.807) is 0 Å². The highest BCUT2D eigenvalue weighted by atomic mass is 35.5. The summed E-state index contributed by atoms with van der Waals surface area (Å²) < 4.78 is 33.2. The first kappa shape index (κ1) is 22.4. The molecular formula is C16H14Cl2F2N6O3. The number of carboxylic acids is 1. The fourth-order valence-electron chi connectivity index (χ4n) is 2.24. The molecule has 1 atom stereocenters. The Kier molecular flexibility index (Phi) is 7.37. The molecule has 0 aliphatic carbocycles. The number of rotatable bonds is 7. The van der Waals surface area contributed by atoms with Gasteiger partial charge < -0.3 is 15.6 Å². The highest BCUT2D eigenvalue weighted by molar-refractivity contribution is 6.30. The SMILES string of the molecule is Cl.NC(CC(=O)O)Cc1nnn(-c2ccc(Oc3ncc(Cl)cc3F)c(F)c2)n1. The molecule has 3 rings (SSSR count). The fraction of sp³-hybridized carbons (Fsp3) is 0.188. The molecule has 29 heavy (non-hydrogen) atoms. The second-order valence-electron chi connectivity index (χ2n) is 5.71. The average molecular weight is 447 g/mol. The summed E-state index contributed by atoms with van der Waals surface area (Å²) in [6, 6.07) is 4.05. The van der Waals surface area contributed by atoms with Crippen molar-refractivity contribution in [2.75, 3.05) is 0 Å². The third kappa shape index (κ3) is 5.79. The normalized spacial score (nSPS) is 11.6. The Labute approximate surface area is 173 Å². The van der Waals surface area contributed by atoms with Crippen molar-refractivity contribution in [2.24, 2.45) is 5.73 Å². The number of ether oxygens (including phenoxy) is 1. The highest BCUT2D eigenvalue weighted by Gasteiger charge is 2.15. The molecule has 1 aromatic carbocycles. The Morgan fingerprint density at radius 2 is 2.07 bits per heavy atom. The zero-order chi connectivity index (χ0) is 20.3. The van der Waals surface area contributed by atoms with Crippen LogP contribution in [-0.2, 0) is 11.2 Å². The molecule has 2 heterocycles. The molecule has 154 valence electrons. The van der Waals surface area contributed by atoms with Gasteiger partial charge in [-0.2, -0.15) is 0 Å². The number of benzene rings is 1. The molecule has 3 aromatic rings. The summed E-state index contributed by atoms with van der Waals surface area (Å²) >= 11 is 5.61. The van der Waals surface area contributed by atoms with Crippen LogP contribution in [0.1, 0.15) is 12.2 Å². The van der Waals surface area contributed by atoms with Crippen molar-refractivity contribution in [1.82, 2.24) is 25.2 Å². The van der Waals surface area contributed by atoms with Gasteiger partial charge in [-0.25, -0.2) is 13.8 Å². The second kappa shape index (κ2) is 9.54. The molecule has 0 bridgehead atoms. The Balaban J connectivity index is 0.00000300. The van der Waals surface area contributed by atoms with E-state index in [2.05, 4.69) is 20.4 Å². The first-order chi connectivity index (χ1) is 13.3. The molecule has 1 unspecified atom stereocenters. The molecule has 2 aromatic heterocycles. The van der Waals surface area contributed by atoms with Crippen LogP contribution in [0.4, 0.5) is 8.78 Å². The van der Waals surface area contributed by atoms with Gasteiger partial charge in [-0.1, -0.05) is 11.6 Å². The third-order valence-electron chi connectivity index (χ3n) is 3.46. The number of nitrogens with zero attached hydrogens (tertiary/aromatic N) is 5. The van der Waals surface area contributed by atoms with Crippen LogP contribution in [0.5, 0.6) is 11.6 Å². The number of hydrogen-bond donors (Lipinski definition) is 2. The molecule has 9 nitrogen and oxygen atoms in total. The van der Waals surface area contributed by atoms with Crippen LogP contribution in [0, 0.1) is 11.6 Å². The molecule has 0 saturated carbocycles. The van der Waals surface area contributed by atoms with E-state index in [4.69, 9.17) is 27.2 Å². The largest absolute Gasteiger partial charge is 0.481 e. The smallest absolute Gasteiger partial charge is 0.304 e. The van der Waals surface area contributed by atoms with Crippen molar-refractivity contribution < 1.29 is 23.4 Å². The lowest BCUT2D eigenvalue weighted by molar-refractivity contribution is -0.137. The van der Waals surface area contributed by atoms with Gasteiger partial charge in [0.25, 0.3) is 5.88 Å². The Bertz CT molecular complexity index is 1020. The molecule has 0 aliphatic rings. The van der Waals surface area contributed by atoms with Crippen LogP contribution in [0.3, 0.4) is 0 Å². The summed E-state index contributed by atoms with van der Waals surface area (Å²) in [4.78, 5) is 15.3. The van der Waals surface area contributed by atoms with E-state index in [0.29, 0.717) is 0 Å². The Morgan fingerprint density at radius 3 is 2.72 bits per heavy atom. The maximum absolute atomic E-state index is 14.3. The molecule has 0 amide bonds. The molecular weight excluding hydrogens is 433 g/mol.